The summed E-state index contributed by atoms with van der Waals surface area (Å²) in [6, 6.07) is 18.7. The molecule has 1 aliphatic rings. The Bertz CT molecular complexity index is 1810. The molecule has 50 heavy (non-hydrogen) atoms. The third-order valence-electron chi connectivity index (χ3n) is 8.71. The highest BCUT2D eigenvalue weighted by Gasteiger charge is 2.38. The van der Waals surface area contributed by atoms with Crippen molar-refractivity contribution in [2.75, 3.05) is 6.54 Å². The summed E-state index contributed by atoms with van der Waals surface area (Å²) in [7, 11) is -4.36. The van der Waals surface area contributed by atoms with Gasteiger partial charge in [-0.05, 0) is 60.1 Å². The van der Waals surface area contributed by atoms with E-state index in [1.54, 1.807) is 18.2 Å². The summed E-state index contributed by atoms with van der Waals surface area (Å²) >= 11 is 0. The molecule has 266 valence electrons. The van der Waals surface area contributed by atoms with Crippen LogP contribution in [0.5, 0.6) is 0 Å². The van der Waals surface area contributed by atoms with Crippen molar-refractivity contribution in [2.45, 2.75) is 63.2 Å². The average Bonchev–Trinajstić information content (AvgIpc) is 3.03. The number of carbonyl (C=O) groups is 5. The minimum atomic E-state index is -4.36. The fourth-order valence-electron chi connectivity index (χ4n) is 6.14. The second-order valence-corrected chi connectivity index (χ2v) is 14.9. The van der Waals surface area contributed by atoms with Crippen LogP contribution in [0.25, 0.3) is 10.8 Å². The van der Waals surface area contributed by atoms with Gasteiger partial charge >= 0.3 is 13.6 Å². The van der Waals surface area contributed by atoms with Gasteiger partial charge in [-0.25, -0.2) is 0 Å². The molecule has 0 spiro atoms. The molecule has 0 saturated heterocycles. The zero-order chi connectivity index (χ0) is 36.6. The number of amides is 4. The number of aliphatic carboxylic acids is 1. The summed E-state index contributed by atoms with van der Waals surface area (Å²) in [5.74, 6) is -6.51. The Morgan fingerprint density at radius 3 is 2.28 bits per heavy atom. The molecule has 0 saturated carbocycles. The van der Waals surface area contributed by atoms with Crippen molar-refractivity contribution >= 4 is 48.0 Å². The third-order valence-corrected chi connectivity index (χ3v) is 9.49. The summed E-state index contributed by atoms with van der Waals surface area (Å²) in [6.07, 6.45) is 2.87. The van der Waals surface area contributed by atoms with Crippen LogP contribution in [0.1, 0.15) is 55.7 Å². The van der Waals surface area contributed by atoms with Gasteiger partial charge in [-0.3, -0.25) is 28.5 Å². The Kier molecular flexibility index (Phi) is 12.3. The molecule has 4 amide bonds. The van der Waals surface area contributed by atoms with Crippen molar-refractivity contribution in [1.29, 1.82) is 0 Å². The molecule has 0 radical (unpaired) electrons. The molecular weight excluding hydrogens is 663 g/mol. The monoisotopic (exact) mass is 706 g/mol. The zero-order valence-corrected chi connectivity index (χ0v) is 28.8. The van der Waals surface area contributed by atoms with Gasteiger partial charge in [0, 0.05) is 12.5 Å². The fourth-order valence-corrected chi connectivity index (χ4v) is 6.83. The average molecular weight is 707 g/mol. The Balaban J connectivity index is 1.79. The number of nitrogens with one attached hydrogen (secondary N) is 3. The molecule has 8 N–H and O–H groups in total. The molecule has 3 aromatic carbocycles. The SMILES string of the molecule is CC1(C)NC(=O)[C@@H](CC(=O)O)[C@@H](c2ccc(CP(=O)(O)O)cc2)/C=C/C[C@@H](Cc2cccc3ccccc23)CNC(=O)[C@H](CC(N)=O)NC1=O. The number of carbonyl (C=O) groups excluding carboxylic acids is 4. The van der Waals surface area contributed by atoms with Crippen LogP contribution in [0, 0.1) is 11.8 Å². The van der Waals surface area contributed by atoms with E-state index in [0.29, 0.717) is 24.0 Å². The van der Waals surface area contributed by atoms with E-state index in [1.807, 2.05) is 48.5 Å². The van der Waals surface area contributed by atoms with Crippen LogP contribution < -0.4 is 21.7 Å². The van der Waals surface area contributed by atoms with E-state index in [-0.39, 0.29) is 12.5 Å². The molecule has 4 atom stereocenters. The first-order valence-corrected chi connectivity index (χ1v) is 18.0. The first kappa shape index (κ1) is 38.0. The minimum Gasteiger partial charge on any atom is -0.481 e. The number of carboxylic acid groups (broad SMARTS) is 1. The van der Waals surface area contributed by atoms with E-state index in [2.05, 4.69) is 16.0 Å². The highest BCUT2D eigenvalue weighted by molar-refractivity contribution is 7.50. The zero-order valence-electron chi connectivity index (χ0n) is 27.9. The van der Waals surface area contributed by atoms with E-state index in [4.69, 9.17) is 5.73 Å². The van der Waals surface area contributed by atoms with Gasteiger partial charge in [-0.15, -0.1) is 0 Å². The second-order valence-electron chi connectivity index (χ2n) is 13.2. The van der Waals surface area contributed by atoms with E-state index < -0.39 is 79.6 Å². The number of carboxylic acids is 1. The molecule has 0 unspecified atom stereocenters. The normalized spacial score (nSPS) is 22.7. The molecule has 0 bridgehead atoms. The van der Waals surface area contributed by atoms with E-state index in [0.717, 1.165) is 16.3 Å². The third kappa shape index (κ3) is 10.6. The van der Waals surface area contributed by atoms with Crippen molar-refractivity contribution in [3.8, 4) is 0 Å². The molecule has 1 aliphatic heterocycles. The first-order valence-electron chi connectivity index (χ1n) is 16.2. The first-order chi connectivity index (χ1) is 23.5. The molecule has 1 heterocycles. The van der Waals surface area contributed by atoms with Gasteiger partial charge in [0.2, 0.25) is 23.6 Å². The standard InChI is InChI=1S/C36H43N4O9P/c1-36(2)35(46)39-30(19-31(37)41)34(45)38-20-23(17-26-10-6-9-24-8-3-4-11-27(24)26)7-5-12-28(29(18-32(42)43)33(44)40-36)25-15-13-22(14-16-25)21-50(47,48)49/h3-6,8-16,23,28-30H,7,17-21H2,1-2H3,(H2,37,41)(H,38,45)(H,39,46)(H,40,44)(H,42,43)(H2,47,48,49)/b12-5+/t23-,28+,29-,30-/m0/s1. The predicted molar refractivity (Wildman–Crippen MR) is 187 cm³/mol. The van der Waals surface area contributed by atoms with Gasteiger partial charge in [0.05, 0.1) is 24.9 Å². The van der Waals surface area contributed by atoms with E-state index in [9.17, 15) is 43.4 Å². The second kappa shape index (κ2) is 16.2. The molecular formula is C36H43N4O9P. The van der Waals surface area contributed by atoms with Gasteiger partial charge in [0.15, 0.2) is 0 Å². The van der Waals surface area contributed by atoms with E-state index in [1.165, 1.54) is 26.0 Å². The van der Waals surface area contributed by atoms with Crippen LogP contribution in [0.2, 0.25) is 0 Å². The van der Waals surface area contributed by atoms with Gasteiger partial charge in [0.1, 0.15) is 11.6 Å². The van der Waals surface area contributed by atoms with Gasteiger partial charge in [0.25, 0.3) is 0 Å². The largest absolute Gasteiger partial charge is 0.481 e. The molecule has 0 aliphatic carbocycles. The summed E-state index contributed by atoms with van der Waals surface area (Å²) in [4.78, 5) is 83.7. The number of rotatable bonds is 9. The highest BCUT2D eigenvalue weighted by Crippen LogP contribution is 2.39. The number of hydrogen-bond donors (Lipinski definition) is 7. The number of benzene rings is 3. The van der Waals surface area contributed by atoms with Crippen molar-refractivity contribution in [1.82, 2.24) is 16.0 Å². The summed E-state index contributed by atoms with van der Waals surface area (Å²) < 4.78 is 11.6. The number of hydrogen-bond acceptors (Lipinski definition) is 6. The van der Waals surface area contributed by atoms with Gasteiger partial charge in [-0.1, -0.05) is 78.9 Å². The Hall–Kier alpha value is -4.84. The molecule has 13 nitrogen and oxygen atoms in total. The van der Waals surface area contributed by atoms with Crippen LogP contribution in [0.15, 0.2) is 78.9 Å². The highest BCUT2D eigenvalue weighted by atomic mass is 31.2. The molecule has 0 fully saturated rings. The fraction of sp³-hybridized carbons (Fsp3) is 0.361. The maximum Gasteiger partial charge on any atom is 0.329 e. The number of allylic oxidation sites excluding steroid dienone is 2. The van der Waals surface area contributed by atoms with Gasteiger partial charge in [-0.2, -0.15) is 0 Å². The lowest BCUT2D eigenvalue weighted by molar-refractivity contribution is -0.142. The Morgan fingerprint density at radius 1 is 0.940 bits per heavy atom. The lowest BCUT2D eigenvalue weighted by Crippen LogP contribution is -2.60. The lowest BCUT2D eigenvalue weighted by atomic mass is 9.81. The quantitative estimate of drug-likeness (QED) is 0.128. The lowest BCUT2D eigenvalue weighted by Gasteiger charge is -2.31. The van der Waals surface area contributed by atoms with Crippen molar-refractivity contribution in [2.24, 2.45) is 17.6 Å². The maximum absolute atomic E-state index is 13.9. The molecule has 0 aromatic heterocycles. The summed E-state index contributed by atoms with van der Waals surface area (Å²) in [6.45, 7) is 2.92. The number of primary amides is 1. The van der Waals surface area contributed by atoms with Crippen molar-refractivity contribution < 1.29 is 43.4 Å². The van der Waals surface area contributed by atoms with E-state index >= 15 is 0 Å². The Morgan fingerprint density at radius 2 is 1.62 bits per heavy atom. The van der Waals surface area contributed by atoms with Crippen LogP contribution >= 0.6 is 7.60 Å². The smallest absolute Gasteiger partial charge is 0.329 e. The Labute approximate surface area is 289 Å². The minimum absolute atomic E-state index is 0.151. The molecule has 14 heteroatoms. The predicted octanol–water partition coefficient (Wildman–Crippen LogP) is 2.88. The van der Waals surface area contributed by atoms with Crippen molar-refractivity contribution in [3.63, 3.8) is 0 Å². The van der Waals surface area contributed by atoms with Crippen LogP contribution in [-0.2, 0) is 41.1 Å². The molecule has 3 aromatic rings. The van der Waals surface area contributed by atoms with Crippen LogP contribution in [-0.4, -0.2) is 62.6 Å². The topological polar surface area (TPSA) is 225 Å². The maximum atomic E-state index is 13.9. The summed E-state index contributed by atoms with van der Waals surface area (Å²) in [5, 5.41) is 20.0. The summed E-state index contributed by atoms with van der Waals surface area (Å²) in [5.41, 5.74) is 5.67. The number of fused-ring (bicyclic) bond motifs is 1. The number of nitrogens with two attached hydrogens (primary N) is 1. The van der Waals surface area contributed by atoms with Gasteiger partial charge < -0.3 is 36.6 Å². The van der Waals surface area contributed by atoms with Crippen LogP contribution in [0.4, 0.5) is 0 Å². The van der Waals surface area contributed by atoms with Crippen molar-refractivity contribution in [3.05, 3.63) is 95.6 Å². The van der Waals surface area contributed by atoms with Crippen LogP contribution in [0.3, 0.4) is 0 Å². The molecule has 4 rings (SSSR count).